The summed E-state index contributed by atoms with van der Waals surface area (Å²) in [5, 5.41) is 3.14. The van der Waals surface area contributed by atoms with Crippen molar-refractivity contribution in [1.29, 1.82) is 0 Å². The highest BCUT2D eigenvalue weighted by Crippen LogP contribution is 2.30. The lowest BCUT2D eigenvalue weighted by Gasteiger charge is -2.35. The molecule has 0 aliphatic heterocycles. The molecule has 1 aliphatic carbocycles. The van der Waals surface area contributed by atoms with Crippen LogP contribution in [0.2, 0.25) is 0 Å². The number of hydrogen-bond acceptors (Lipinski definition) is 1. The molecule has 1 aromatic rings. The van der Waals surface area contributed by atoms with Crippen LogP contribution in [0.25, 0.3) is 0 Å². The van der Waals surface area contributed by atoms with Crippen molar-refractivity contribution in [3.63, 3.8) is 0 Å². The first-order valence-electron chi connectivity index (χ1n) is 7.25. The second-order valence-electron chi connectivity index (χ2n) is 5.90. The molecular formula is C16H21BrFNO. The van der Waals surface area contributed by atoms with Gasteiger partial charge in [-0.1, -0.05) is 26.7 Å². The van der Waals surface area contributed by atoms with Gasteiger partial charge in [0.25, 0.3) is 5.91 Å². The van der Waals surface area contributed by atoms with Gasteiger partial charge in [0.2, 0.25) is 0 Å². The Hall–Kier alpha value is -0.900. The molecular weight excluding hydrogens is 321 g/mol. The Morgan fingerprint density at radius 1 is 1.35 bits per heavy atom. The molecule has 1 aliphatic rings. The maximum Gasteiger partial charge on any atom is 0.252 e. The number of amides is 1. The summed E-state index contributed by atoms with van der Waals surface area (Å²) in [7, 11) is 0. The van der Waals surface area contributed by atoms with Crippen LogP contribution in [0.15, 0.2) is 22.7 Å². The molecule has 2 unspecified atom stereocenters. The average Bonchev–Trinajstić information content (AvgIpc) is 2.38. The Bertz CT molecular complexity index is 489. The van der Waals surface area contributed by atoms with E-state index in [1.54, 1.807) is 0 Å². The summed E-state index contributed by atoms with van der Waals surface area (Å²) in [5.41, 5.74) is 0.500. The minimum absolute atomic E-state index is 0.116. The molecule has 1 amide bonds. The zero-order valence-corrected chi connectivity index (χ0v) is 13.5. The fourth-order valence-electron chi connectivity index (χ4n) is 3.06. The highest BCUT2D eigenvalue weighted by molar-refractivity contribution is 9.10. The summed E-state index contributed by atoms with van der Waals surface area (Å²) < 4.78 is 13.6. The molecule has 1 N–H and O–H groups in total. The van der Waals surface area contributed by atoms with Crippen LogP contribution in [0.3, 0.4) is 0 Å². The third-order valence-electron chi connectivity index (χ3n) is 4.17. The molecule has 0 saturated heterocycles. The fourth-order valence-corrected chi connectivity index (χ4v) is 3.59. The Morgan fingerprint density at radius 3 is 2.70 bits per heavy atom. The first-order chi connectivity index (χ1) is 9.49. The molecule has 20 heavy (non-hydrogen) atoms. The standard InChI is InChI=1S/C16H21BrFNO/c1-10(2)12-5-3-4-6-15(12)19-16(20)13-8-7-11(18)9-14(13)17/h7-10,12,15H,3-6H2,1-2H3,(H,19,20). The van der Waals surface area contributed by atoms with E-state index >= 15 is 0 Å². The molecule has 1 saturated carbocycles. The Kier molecular flexibility index (Phi) is 5.19. The number of halogens is 2. The Morgan fingerprint density at radius 2 is 2.05 bits per heavy atom. The zero-order valence-electron chi connectivity index (χ0n) is 12.0. The lowest BCUT2D eigenvalue weighted by molar-refractivity contribution is 0.0888. The van der Waals surface area contributed by atoms with E-state index in [1.165, 1.54) is 37.5 Å². The molecule has 110 valence electrons. The van der Waals surface area contributed by atoms with Crippen LogP contribution in [-0.4, -0.2) is 11.9 Å². The van der Waals surface area contributed by atoms with Crippen LogP contribution >= 0.6 is 15.9 Å². The molecule has 2 atom stereocenters. The number of carbonyl (C=O) groups excluding carboxylic acids is 1. The van der Waals surface area contributed by atoms with E-state index in [-0.39, 0.29) is 17.8 Å². The maximum absolute atomic E-state index is 13.1. The first kappa shape index (κ1) is 15.5. The van der Waals surface area contributed by atoms with Gasteiger partial charge in [-0.05, 0) is 58.8 Å². The highest BCUT2D eigenvalue weighted by atomic mass is 79.9. The van der Waals surface area contributed by atoms with Gasteiger partial charge in [-0.25, -0.2) is 4.39 Å². The third kappa shape index (κ3) is 3.60. The topological polar surface area (TPSA) is 29.1 Å². The van der Waals surface area contributed by atoms with Gasteiger partial charge in [0.15, 0.2) is 0 Å². The number of hydrogen-bond donors (Lipinski definition) is 1. The minimum atomic E-state index is -0.342. The third-order valence-corrected chi connectivity index (χ3v) is 4.82. The zero-order chi connectivity index (χ0) is 14.7. The predicted octanol–water partition coefficient (Wildman–Crippen LogP) is 4.53. The fraction of sp³-hybridized carbons (Fsp3) is 0.562. The van der Waals surface area contributed by atoms with Crippen LogP contribution in [0.1, 0.15) is 49.9 Å². The molecule has 2 rings (SSSR count). The van der Waals surface area contributed by atoms with Crippen molar-refractivity contribution < 1.29 is 9.18 Å². The van der Waals surface area contributed by atoms with E-state index in [2.05, 4.69) is 35.1 Å². The second-order valence-corrected chi connectivity index (χ2v) is 6.75. The van der Waals surface area contributed by atoms with Gasteiger partial charge < -0.3 is 5.32 Å². The largest absolute Gasteiger partial charge is 0.349 e. The normalized spacial score (nSPS) is 22.9. The molecule has 2 nitrogen and oxygen atoms in total. The number of carbonyl (C=O) groups is 1. The van der Waals surface area contributed by atoms with Gasteiger partial charge in [-0.3, -0.25) is 4.79 Å². The van der Waals surface area contributed by atoms with E-state index in [9.17, 15) is 9.18 Å². The van der Waals surface area contributed by atoms with Crippen molar-refractivity contribution in [3.05, 3.63) is 34.1 Å². The van der Waals surface area contributed by atoms with E-state index < -0.39 is 0 Å². The van der Waals surface area contributed by atoms with Crippen LogP contribution < -0.4 is 5.32 Å². The molecule has 0 aromatic heterocycles. The molecule has 0 bridgehead atoms. The molecule has 0 radical (unpaired) electrons. The van der Waals surface area contributed by atoms with Gasteiger partial charge >= 0.3 is 0 Å². The summed E-state index contributed by atoms with van der Waals surface area (Å²) in [6.07, 6.45) is 4.62. The summed E-state index contributed by atoms with van der Waals surface area (Å²) in [4.78, 5) is 12.3. The van der Waals surface area contributed by atoms with E-state index in [4.69, 9.17) is 0 Å². The number of benzene rings is 1. The molecule has 0 heterocycles. The summed E-state index contributed by atoms with van der Waals surface area (Å²) in [6.45, 7) is 4.42. The first-order valence-corrected chi connectivity index (χ1v) is 8.04. The Labute approximate surface area is 128 Å². The number of nitrogens with one attached hydrogen (secondary N) is 1. The molecule has 0 spiro atoms. The lowest BCUT2D eigenvalue weighted by Crippen LogP contribution is -2.44. The van der Waals surface area contributed by atoms with Crippen molar-refractivity contribution in [2.45, 2.75) is 45.6 Å². The van der Waals surface area contributed by atoms with Gasteiger partial charge in [-0.2, -0.15) is 0 Å². The van der Waals surface area contributed by atoms with Crippen molar-refractivity contribution in [2.24, 2.45) is 11.8 Å². The van der Waals surface area contributed by atoms with E-state index in [0.717, 1.165) is 6.42 Å². The van der Waals surface area contributed by atoms with E-state index in [0.29, 0.717) is 21.9 Å². The van der Waals surface area contributed by atoms with E-state index in [1.807, 2.05) is 0 Å². The van der Waals surface area contributed by atoms with Gasteiger partial charge in [0.05, 0.1) is 5.56 Å². The monoisotopic (exact) mass is 341 g/mol. The highest BCUT2D eigenvalue weighted by Gasteiger charge is 2.29. The number of rotatable bonds is 3. The van der Waals surface area contributed by atoms with Crippen molar-refractivity contribution in [2.75, 3.05) is 0 Å². The maximum atomic E-state index is 13.1. The summed E-state index contributed by atoms with van der Waals surface area (Å²) in [5.74, 6) is 0.643. The second kappa shape index (κ2) is 6.70. The minimum Gasteiger partial charge on any atom is -0.349 e. The summed E-state index contributed by atoms with van der Waals surface area (Å²) in [6, 6.07) is 4.41. The van der Waals surface area contributed by atoms with Crippen molar-refractivity contribution in [1.82, 2.24) is 5.32 Å². The SMILES string of the molecule is CC(C)C1CCCCC1NC(=O)c1ccc(F)cc1Br. The van der Waals surface area contributed by atoms with Gasteiger partial charge in [-0.15, -0.1) is 0 Å². The lowest BCUT2D eigenvalue weighted by atomic mass is 9.78. The smallest absolute Gasteiger partial charge is 0.252 e. The quantitative estimate of drug-likeness (QED) is 0.859. The van der Waals surface area contributed by atoms with Gasteiger partial charge in [0, 0.05) is 10.5 Å². The molecule has 4 heteroatoms. The molecule has 1 aromatic carbocycles. The van der Waals surface area contributed by atoms with Crippen molar-refractivity contribution >= 4 is 21.8 Å². The van der Waals surface area contributed by atoms with Crippen LogP contribution in [0.4, 0.5) is 4.39 Å². The average molecular weight is 342 g/mol. The summed E-state index contributed by atoms with van der Waals surface area (Å²) >= 11 is 3.26. The Balaban J connectivity index is 2.09. The van der Waals surface area contributed by atoms with Gasteiger partial charge in [0.1, 0.15) is 5.82 Å². The van der Waals surface area contributed by atoms with Crippen LogP contribution in [0, 0.1) is 17.7 Å². The van der Waals surface area contributed by atoms with Crippen molar-refractivity contribution in [3.8, 4) is 0 Å². The molecule has 1 fully saturated rings. The predicted molar refractivity (Wildman–Crippen MR) is 82.2 cm³/mol. The van der Waals surface area contributed by atoms with Crippen LogP contribution in [0.5, 0.6) is 0 Å². The van der Waals surface area contributed by atoms with Crippen LogP contribution in [-0.2, 0) is 0 Å².